The molecule has 0 atom stereocenters. The largest absolute Gasteiger partial charge is 0.364 e. The summed E-state index contributed by atoms with van der Waals surface area (Å²) in [5.41, 5.74) is 0.621. The number of halogens is 1. The Labute approximate surface area is 99.8 Å². The molecule has 1 aliphatic heterocycles. The van der Waals surface area contributed by atoms with E-state index in [0.29, 0.717) is 23.7 Å². The van der Waals surface area contributed by atoms with Crippen LogP contribution in [0.2, 0.25) is 5.02 Å². The van der Waals surface area contributed by atoms with Gasteiger partial charge in [0.15, 0.2) is 0 Å². The molecule has 0 aromatic heterocycles. The van der Waals surface area contributed by atoms with Crippen molar-refractivity contribution in [2.75, 3.05) is 19.9 Å². The van der Waals surface area contributed by atoms with Crippen LogP contribution >= 0.6 is 11.6 Å². The van der Waals surface area contributed by atoms with Crippen molar-refractivity contribution in [2.45, 2.75) is 5.75 Å². The van der Waals surface area contributed by atoms with Gasteiger partial charge in [-0.3, -0.25) is 0 Å². The van der Waals surface area contributed by atoms with Gasteiger partial charge in [-0.15, -0.1) is 0 Å². The lowest BCUT2D eigenvalue weighted by atomic mass is 10.2. The number of rotatable bonds is 3. The quantitative estimate of drug-likeness (QED) is 0.828. The van der Waals surface area contributed by atoms with Gasteiger partial charge in [-0.05, 0) is 11.6 Å². The highest BCUT2D eigenvalue weighted by atomic mass is 35.5. The van der Waals surface area contributed by atoms with E-state index >= 15 is 0 Å². The highest BCUT2D eigenvalue weighted by molar-refractivity contribution is 7.88. The summed E-state index contributed by atoms with van der Waals surface area (Å²) in [7, 11) is -3.31. The van der Waals surface area contributed by atoms with Crippen LogP contribution in [0.5, 0.6) is 0 Å². The third-order valence-electron chi connectivity index (χ3n) is 2.41. The predicted molar refractivity (Wildman–Crippen MR) is 61.6 cm³/mol. The van der Waals surface area contributed by atoms with Crippen molar-refractivity contribution in [3.8, 4) is 0 Å². The van der Waals surface area contributed by atoms with Crippen molar-refractivity contribution in [2.24, 2.45) is 0 Å². The van der Waals surface area contributed by atoms with Crippen LogP contribution in [0.15, 0.2) is 24.3 Å². The molecule has 1 aliphatic rings. The van der Waals surface area contributed by atoms with Gasteiger partial charge in [0.05, 0.1) is 12.4 Å². The molecule has 0 radical (unpaired) electrons. The second-order valence-corrected chi connectivity index (χ2v) is 5.94. The first kappa shape index (κ1) is 11.9. The summed E-state index contributed by atoms with van der Waals surface area (Å²) in [5, 5.41) is 0.478. The molecule has 1 aromatic carbocycles. The van der Waals surface area contributed by atoms with E-state index in [4.69, 9.17) is 16.3 Å². The normalized spacial score (nSPS) is 17.8. The fourth-order valence-corrected chi connectivity index (χ4v) is 3.22. The standard InChI is InChI=1S/C10H12ClNO3S/c11-10-4-2-1-3-9(10)7-16(13,14)12-5-6-15-8-12/h1-4H,5-8H2. The van der Waals surface area contributed by atoms with Crippen LogP contribution in [-0.4, -0.2) is 32.6 Å². The molecule has 0 aliphatic carbocycles. The molecule has 1 heterocycles. The number of sulfonamides is 1. The Morgan fingerprint density at radius 2 is 2.12 bits per heavy atom. The Bertz CT molecular complexity index is 469. The van der Waals surface area contributed by atoms with Crippen LogP contribution in [0, 0.1) is 0 Å². The third-order valence-corrected chi connectivity index (χ3v) is 4.53. The number of hydrogen-bond donors (Lipinski definition) is 0. The zero-order chi connectivity index (χ0) is 11.6. The first-order valence-corrected chi connectivity index (χ1v) is 6.87. The van der Waals surface area contributed by atoms with Crippen molar-refractivity contribution in [1.82, 2.24) is 4.31 Å². The molecule has 1 aromatic rings. The molecule has 16 heavy (non-hydrogen) atoms. The Morgan fingerprint density at radius 3 is 2.75 bits per heavy atom. The summed E-state index contributed by atoms with van der Waals surface area (Å²) < 4.78 is 30.2. The number of ether oxygens (including phenoxy) is 1. The van der Waals surface area contributed by atoms with Crippen LogP contribution in [0.25, 0.3) is 0 Å². The van der Waals surface area contributed by atoms with E-state index in [1.165, 1.54) is 4.31 Å². The molecule has 0 N–H and O–H groups in total. The third kappa shape index (κ3) is 2.55. The topological polar surface area (TPSA) is 46.6 Å². The number of hydrogen-bond acceptors (Lipinski definition) is 3. The Morgan fingerprint density at radius 1 is 1.38 bits per heavy atom. The molecular weight excluding hydrogens is 250 g/mol. The van der Waals surface area contributed by atoms with Crippen LogP contribution in [0.4, 0.5) is 0 Å². The SMILES string of the molecule is O=S(=O)(Cc1ccccc1Cl)N1CCOC1. The van der Waals surface area contributed by atoms with Gasteiger partial charge >= 0.3 is 0 Å². The first-order chi connectivity index (χ1) is 7.59. The number of benzene rings is 1. The lowest BCUT2D eigenvalue weighted by molar-refractivity contribution is 0.172. The summed E-state index contributed by atoms with van der Waals surface area (Å²) in [5.74, 6) is -0.0734. The average Bonchev–Trinajstić information content (AvgIpc) is 2.75. The molecule has 88 valence electrons. The maximum atomic E-state index is 11.9. The lowest BCUT2D eigenvalue weighted by Crippen LogP contribution is -2.29. The highest BCUT2D eigenvalue weighted by Gasteiger charge is 2.26. The summed E-state index contributed by atoms with van der Waals surface area (Å²) in [4.78, 5) is 0. The Hall–Kier alpha value is -0.620. The minimum Gasteiger partial charge on any atom is -0.364 e. The van der Waals surface area contributed by atoms with Gasteiger partial charge in [0.2, 0.25) is 10.0 Å². The van der Waals surface area contributed by atoms with E-state index in [-0.39, 0.29) is 12.5 Å². The summed E-state index contributed by atoms with van der Waals surface area (Å²) in [6.45, 7) is 1.03. The van der Waals surface area contributed by atoms with E-state index in [9.17, 15) is 8.42 Å². The van der Waals surface area contributed by atoms with Crippen molar-refractivity contribution in [3.63, 3.8) is 0 Å². The molecule has 6 heteroatoms. The molecule has 0 bridgehead atoms. The van der Waals surface area contributed by atoms with Crippen molar-refractivity contribution < 1.29 is 13.2 Å². The van der Waals surface area contributed by atoms with E-state index < -0.39 is 10.0 Å². The van der Waals surface area contributed by atoms with Crippen molar-refractivity contribution in [3.05, 3.63) is 34.9 Å². The van der Waals surface area contributed by atoms with Gasteiger partial charge in [0, 0.05) is 11.6 Å². The fourth-order valence-electron chi connectivity index (χ4n) is 1.52. The minimum absolute atomic E-state index is 0.0734. The smallest absolute Gasteiger partial charge is 0.220 e. The fraction of sp³-hybridized carbons (Fsp3) is 0.400. The van der Waals surface area contributed by atoms with Crippen LogP contribution in [0.3, 0.4) is 0 Å². The second kappa shape index (κ2) is 4.71. The van der Waals surface area contributed by atoms with E-state index in [1.54, 1.807) is 24.3 Å². The van der Waals surface area contributed by atoms with Crippen LogP contribution in [0.1, 0.15) is 5.56 Å². The zero-order valence-corrected chi connectivity index (χ0v) is 10.2. The summed E-state index contributed by atoms with van der Waals surface area (Å²) in [6.07, 6.45) is 0. The minimum atomic E-state index is -3.31. The monoisotopic (exact) mass is 261 g/mol. The lowest BCUT2D eigenvalue weighted by Gasteiger charge is -2.14. The molecule has 1 saturated heterocycles. The maximum absolute atomic E-state index is 11.9. The summed E-state index contributed by atoms with van der Waals surface area (Å²) in [6, 6.07) is 6.96. The highest BCUT2D eigenvalue weighted by Crippen LogP contribution is 2.20. The predicted octanol–water partition coefficient (Wildman–Crippen LogP) is 1.46. The molecule has 0 spiro atoms. The molecule has 2 rings (SSSR count). The van der Waals surface area contributed by atoms with Crippen LogP contribution in [-0.2, 0) is 20.5 Å². The zero-order valence-electron chi connectivity index (χ0n) is 8.60. The van der Waals surface area contributed by atoms with E-state index in [2.05, 4.69) is 0 Å². The molecule has 0 amide bonds. The average molecular weight is 262 g/mol. The van der Waals surface area contributed by atoms with Gasteiger partial charge in [-0.1, -0.05) is 29.8 Å². The molecule has 0 saturated carbocycles. The summed E-state index contributed by atoms with van der Waals surface area (Å²) >= 11 is 5.92. The maximum Gasteiger partial charge on any atom is 0.220 e. The molecular formula is C10H12ClNO3S. The number of nitrogens with zero attached hydrogens (tertiary/aromatic N) is 1. The van der Waals surface area contributed by atoms with Gasteiger partial charge in [0.1, 0.15) is 6.73 Å². The van der Waals surface area contributed by atoms with Crippen molar-refractivity contribution >= 4 is 21.6 Å². The Kier molecular flexibility index (Phi) is 3.49. The van der Waals surface area contributed by atoms with Gasteiger partial charge in [-0.2, -0.15) is 4.31 Å². The van der Waals surface area contributed by atoms with E-state index in [0.717, 1.165) is 0 Å². The molecule has 4 nitrogen and oxygen atoms in total. The molecule has 1 fully saturated rings. The van der Waals surface area contributed by atoms with Gasteiger partial charge < -0.3 is 4.74 Å². The van der Waals surface area contributed by atoms with E-state index in [1.807, 2.05) is 0 Å². The first-order valence-electron chi connectivity index (χ1n) is 4.88. The Balaban J connectivity index is 2.18. The second-order valence-electron chi connectivity index (χ2n) is 3.56. The van der Waals surface area contributed by atoms with Gasteiger partial charge in [-0.25, -0.2) is 8.42 Å². The van der Waals surface area contributed by atoms with Crippen molar-refractivity contribution in [1.29, 1.82) is 0 Å². The van der Waals surface area contributed by atoms with Gasteiger partial charge in [0.25, 0.3) is 0 Å². The van der Waals surface area contributed by atoms with Crippen LogP contribution < -0.4 is 0 Å². The molecule has 0 unspecified atom stereocenters.